The van der Waals surface area contributed by atoms with E-state index in [1.807, 2.05) is 12.1 Å². The lowest BCUT2D eigenvalue weighted by Crippen LogP contribution is -2.02. The number of hydrogen-bond acceptors (Lipinski definition) is 5. The molecular formula is C13H6F2N4S. The van der Waals surface area contributed by atoms with Crippen LogP contribution in [-0.4, -0.2) is 4.98 Å². The fourth-order valence-corrected chi connectivity index (χ4v) is 2.02. The molecule has 98 valence electrons. The maximum absolute atomic E-state index is 13.3. The second kappa shape index (κ2) is 5.16. The second-order valence-corrected chi connectivity index (χ2v) is 4.22. The number of nitriles is 2. The molecule has 1 aromatic heterocycles. The molecule has 1 heterocycles. The minimum atomic E-state index is -1.09. The van der Waals surface area contributed by atoms with Gasteiger partial charge in [-0.05, 0) is 17.7 Å². The Kier molecular flexibility index (Phi) is 3.55. The summed E-state index contributed by atoms with van der Waals surface area (Å²) < 4.78 is 26.3. The molecule has 7 heteroatoms. The first-order valence-corrected chi connectivity index (χ1v) is 5.72. The van der Waals surface area contributed by atoms with Crippen LogP contribution in [0.3, 0.4) is 0 Å². The van der Waals surface area contributed by atoms with Crippen molar-refractivity contribution < 1.29 is 8.78 Å². The third-order valence-electron chi connectivity index (χ3n) is 2.64. The number of benzene rings is 1. The van der Waals surface area contributed by atoms with Crippen LogP contribution in [-0.2, 0) is 0 Å². The van der Waals surface area contributed by atoms with Crippen LogP contribution in [0.1, 0.15) is 11.1 Å². The summed E-state index contributed by atoms with van der Waals surface area (Å²) in [6.45, 7) is 0. The Balaban J connectivity index is 2.88. The summed E-state index contributed by atoms with van der Waals surface area (Å²) in [5.74, 6) is -2.25. The molecule has 0 amide bonds. The molecule has 1 aromatic carbocycles. The summed E-state index contributed by atoms with van der Waals surface area (Å²) in [4.78, 5) is 3.77. The first-order chi connectivity index (χ1) is 9.49. The Bertz CT molecular complexity index is 752. The lowest BCUT2D eigenvalue weighted by Gasteiger charge is -2.10. The van der Waals surface area contributed by atoms with Gasteiger partial charge >= 0.3 is 0 Å². The van der Waals surface area contributed by atoms with Crippen molar-refractivity contribution in [2.24, 2.45) is 0 Å². The molecule has 0 aliphatic carbocycles. The molecule has 0 spiro atoms. The highest BCUT2D eigenvalue weighted by Gasteiger charge is 2.19. The first kappa shape index (κ1) is 13.8. The molecule has 2 aromatic rings. The van der Waals surface area contributed by atoms with Gasteiger partial charge in [-0.3, -0.25) is 0 Å². The summed E-state index contributed by atoms with van der Waals surface area (Å²) in [7, 11) is 0. The maximum Gasteiger partial charge on any atom is 0.159 e. The first-order valence-electron chi connectivity index (χ1n) is 5.27. The molecule has 0 fully saturated rings. The molecule has 0 aliphatic rings. The van der Waals surface area contributed by atoms with Crippen molar-refractivity contribution >= 4 is 18.4 Å². The lowest BCUT2D eigenvalue weighted by molar-refractivity contribution is 0.509. The monoisotopic (exact) mass is 288 g/mol. The van der Waals surface area contributed by atoms with Crippen LogP contribution in [0, 0.1) is 34.3 Å². The van der Waals surface area contributed by atoms with Crippen molar-refractivity contribution in [2.75, 3.05) is 5.73 Å². The molecule has 0 bridgehead atoms. The van der Waals surface area contributed by atoms with E-state index in [0.29, 0.717) is 0 Å². The van der Waals surface area contributed by atoms with Crippen LogP contribution in [0.5, 0.6) is 0 Å². The number of rotatable bonds is 1. The van der Waals surface area contributed by atoms with E-state index < -0.39 is 11.6 Å². The van der Waals surface area contributed by atoms with Gasteiger partial charge in [0.15, 0.2) is 11.6 Å². The predicted molar refractivity (Wildman–Crippen MR) is 70.7 cm³/mol. The highest BCUT2D eigenvalue weighted by atomic mass is 32.1. The smallest absolute Gasteiger partial charge is 0.159 e. The molecule has 2 N–H and O–H groups in total. The molecule has 2 rings (SSSR count). The van der Waals surface area contributed by atoms with Gasteiger partial charge in [-0.25, -0.2) is 13.8 Å². The average molecular weight is 288 g/mol. The Morgan fingerprint density at radius 1 is 1.10 bits per heavy atom. The van der Waals surface area contributed by atoms with Crippen molar-refractivity contribution in [2.45, 2.75) is 5.03 Å². The van der Waals surface area contributed by atoms with Gasteiger partial charge in [0.25, 0.3) is 0 Å². The van der Waals surface area contributed by atoms with E-state index in [-0.39, 0.29) is 33.1 Å². The highest BCUT2D eigenvalue weighted by molar-refractivity contribution is 7.80. The fraction of sp³-hybridized carbons (Fsp3) is 0. The predicted octanol–water partition coefficient (Wildman–Crippen LogP) is 2.64. The topological polar surface area (TPSA) is 86.5 Å². The number of aromatic nitrogens is 1. The number of hydrogen-bond donors (Lipinski definition) is 2. The van der Waals surface area contributed by atoms with Gasteiger partial charge in [0.05, 0.1) is 5.56 Å². The Hall–Kier alpha value is -2.64. The van der Waals surface area contributed by atoms with E-state index in [1.54, 1.807) is 0 Å². The van der Waals surface area contributed by atoms with E-state index in [0.717, 1.165) is 12.1 Å². The van der Waals surface area contributed by atoms with Gasteiger partial charge in [-0.2, -0.15) is 10.5 Å². The van der Waals surface area contributed by atoms with Crippen LogP contribution >= 0.6 is 12.6 Å². The molecule has 20 heavy (non-hydrogen) atoms. The standard InChI is InChI=1S/C13H6F2N4S/c14-9-2-1-6(3-10(9)15)11-7(4-16)12(18)19-13(20)8(11)5-17/h1-3H,(H3,18,19,20). The average Bonchev–Trinajstić information content (AvgIpc) is 2.41. The number of anilines is 1. The zero-order chi connectivity index (χ0) is 14.9. The van der Waals surface area contributed by atoms with Gasteiger partial charge in [0, 0.05) is 5.56 Å². The van der Waals surface area contributed by atoms with Crippen molar-refractivity contribution in [3.8, 4) is 23.3 Å². The molecule has 4 nitrogen and oxygen atoms in total. The van der Waals surface area contributed by atoms with Gasteiger partial charge in [0.2, 0.25) is 0 Å². The SMILES string of the molecule is N#Cc1c(N)nc(S)c(C#N)c1-c1ccc(F)c(F)c1. The number of nitrogens with two attached hydrogens (primary N) is 1. The number of halogens is 2. The van der Waals surface area contributed by atoms with Crippen molar-refractivity contribution in [1.29, 1.82) is 10.5 Å². The van der Waals surface area contributed by atoms with E-state index in [9.17, 15) is 8.78 Å². The van der Waals surface area contributed by atoms with Crippen LogP contribution in [0.2, 0.25) is 0 Å². The van der Waals surface area contributed by atoms with Gasteiger partial charge < -0.3 is 5.73 Å². The minimum Gasteiger partial charge on any atom is -0.383 e. The molecule has 0 atom stereocenters. The fourth-order valence-electron chi connectivity index (χ4n) is 1.75. The Morgan fingerprint density at radius 2 is 1.75 bits per heavy atom. The lowest BCUT2D eigenvalue weighted by atomic mass is 9.97. The Labute approximate surface area is 118 Å². The number of nitrogen functional groups attached to an aromatic ring is 1. The normalized spacial score (nSPS) is 9.85. The third kappa shape index (κ3) is 2.15. The summed E-state index contributed by atoms with van der Waals surface area (Å²) in [6.07, 6.45) is 0. The number of pyridine rings is 1. The summed E-state index contributed by atoms with van der Waals surface area (Å²) in [5.41, 5.74) is 5.74. The number of nitrogens with zero attached hydrogens (tertiary/aromatic N) is 3. The quantitative estimate of drug-likeness (QED) is 0.790. The van der Waals surface area contributed by atoms with Crippen LogP contribution in [0.25, 0.3) is 11.1 Å². The summed E-state index contributed by atoms with van der Waals surface area (Å²) in [5, 5.41) is 18.3. The molecule has 0 saturated heterocycles. The van der Waals surface area contributed by atoms with Gasteiger partial charge in [0.1, 0.15) is 28.5 Å². The Morgan fingerprint density at radius 3 is 2.30 bits per heavy atom. The third-order valence-corrected chi connectivity index (χ3v) is 2.96. The molecule has 0 unspecified atom stereocenters. The van der Waals surface area contributed by atoms with Crippen molar-refractivity contribution in [1.82, 2.24) is 4.98 Å². The van der Waals surface area contributed by atoms with E-state index >= 15 is 0 Å². The highest BCUT2D eigenvalue weighted by Crippen LogP contribution is 2.33. The second-order valence-electron chi connectivity index (χ2n) is 3.80. The van der Waals surface area contributed by atoms with Crippen LogP contribution in [0.15, 0.2) is 23.2 Å². The van der Waals surface area contributed by atoms with E-state index in [2.05, 4.69) is 17.6 Å². The molecule has 0 radical (unpaired) electrons. The maximum atomic E-state index is 13.3. The van der Waals surface area contributed by atoms with Gasteiger partial charge in [-0.15, -0.1) is 12.6 Å². The summed E-state index contributed by atoms with van der Waals surface area (Å²) >= 11 is 4.01. The van der Waals surface area contributed by atoms with Crippen LogP contribution < -0.4 is 5.73 Å². The van der Waals surface area contributed by atoms with Crippen molar-refractivity contribution in [3.63, 3.8) is 0 Å². The van der Waals surface area contributed by atoms with Crippen LogP contribution in [0.4, 0.5) is 14.6 Å². The van der Waals surface area contributed by atoms with E-state index in [4.69, 9.17) is 16.3 Å². The van der Waals surface area contributed by atoms with Crippen molar-refractivity contribution in [3.05, 3.63) is 41.0 Å². The zero-order valence-corrected chi connectivity index (χ0v) is 10.7. The molecular weight excluding hydrogens is 282 g/mol. The molecule has 0 aliphatic heterocycles. The van der Waals surface area contributed by atoms with E-state index in [1.165, 1.54) is 6.07 Å². The minimum absolute atomic E-state index is 0.0173. The number of thiol groups is 1. The molecule has 0 saturated carbocycles. The summed E-state index contributed by atoms with van der Waals surface area (Å²) in [6, 6.07) is 6.69. The largest absolute Gasteiger partial charge is 0.383 e. The van der Waals surface area contributed by atoms with Gasteiger partial charge in [-0.1, -0.05) is 6.07 Å². The zero-order valence-electron chi connectivity index (χ0n) is 9.85.